The van der Waals surface area contributed by atoms with E-state index < -0.39 is 9.05 Å². The molecule has 2 rings (SSSR count). The summed E-state index contributed by atoms with van der Waals surface area (Å²) >= 11 is 0. The van der Waals surface area contributed by atoms with Gasteiger partial charge >= 0.3 is 0 Å². The molecule has 0 N–H and O–H groups in total. The van der Waals surface area contributed by atoms with Crippen LogP contribution in [-0.4, -0.2) is 18.0 Å². The monoisotopic (exact) mass is 230 g/mol. The Hall–Kier alpha value is -1.07. The SMILES string of the molecule is Cn1c(S(=O)(=O)Cl)nc2ccccc21. The molecule has 0 aliphatic rings. The van der Waals surface area contributed by atoms with Crippen LogP contribution < -0.4 is 0 Å². The lowest BCUT2D eigenvalue weighted by atomic mass is 10.3. The molecule has 0 spiro atoms. The topological polar surface area (TPSA) is 52.0 Å². The Morgan fingerprint density at radius 2 is 2.00 bits per heavy atom. The molecule has 0 unspecified atom stereocenters. The minimum Gasteiger partial charge on any atom is -0.317 e. The Bertz CT molecular complexity index is 588. The van der Waals surface area contributed by atoms with Gasteiger partial charge < -0.3 is 4.57 Å². The summed E-state index contributed by atoms with van der Waals surface area (Å²) in [6.45, 7) is 0. The third kappa shape index (κ3) is 1.38. The van der Waals surface area contributed by atoms with E-state index in [-0.39, 0.29) is 5.16 Å². The standard InChI is InChI=1S/C8H7ClN2O2S/c1-11-7-5-3-2-4-6(7)10-8(11)14(9,12)13/h2-5H,1H3. The predicted octanol–water partition coefficient (Wildman–Crippen LogP) is 1.50. The number of hydrogen-bond acceptors (Lipinski definition) is 3. The second-order valence-corrected chi connectivity index (χ2v) is 5.34. The zero-order valence-electron chi connectivity index (χ0n) is 7.31. The number of nitrogens with zero attached hydrogens (tertiary/aromatic N) is 2. The van der Waals surface area contributed by atoms with Crippen molar-refractivity contribution in [2.24, 2.45) is 7.05 Å². The number of para-hydroxylation sites is 2. The molecule has 1 heterocycles. The molecule has 0 saturated heterocycles. The first-order valence-corrected chi connectivity index (χ1v) is 6.17. The number of hydrogen-bond donors (Lipinski definition) is 0. The normalized spacial score (nSPS) is 12.1. The van der Waals surface area contributed by atoms with E-state index in [1.165, 1.54) is 4.57 Å². The van der Waals surface area contributed by atoms with Crippen LogP contribution in [0.4, 0.5) is 0 Å². The molecule has 0 radical (unpaired) electrons. The van der Waals surface area contributed by atoms with Crippen LogP contribution in [0.15, 0.2) is 29.4 Å². The van der Waals surface area contributed by atoms with E-state index in [4.69, 9.17) is 10.7 Å². The second-order valence-electron chi connectivity index (χ2n) is 2.88. The summed E-state index contributed by atoms with van der Waals surface area (Å²) in [6.07, 6.45) is 0. The van der Waals surface area contributed by atoms with Crippen LogP contribution in [0.3, 0.4) is 0 Å². The lowest BCUT2D eigenvalue weighted by Gasteiger charge is -1.96. The van der Waals surface area contributed by atoms with E-state index in [9.17, 15) is 8.42 Å². The maximum absolute atomic E-state index is 11.1. The summed E-state index contributed by atoms with van der Waals surface area (Å²) < 4.78 is 23.7. The molecule has 14 heavy (non-hydrogen) atoms. The fraction of sp³-hybridized carbons (Fsp3) is 0.125. The van der Waals surface area contributed by atoms with Crippen molar-refractivity contribution in [1.29, 1.82) is 0 Å². The van der Waals surface area contributed by atoms with E-state index in [1.807, 2.05) is 6.07 Å². The molecule has 0 aliphatic carbocycles. The third-order valence-electron chi connectivity index (χ3n) is 1.96. The number of aromatic nitrogens is 2. The van der Waals surface area contributed by atoms with Gasteiger partial charge in [-0.3, -0.25) is 0 Å². The van der Waals surface area contributed by atoms with Gasteiger partial charge in [0.25, 0.3) is 9.05 Å². The minimum absolute atomic E-state index is 0.125. The van der Waals surface area contributed by atoms with Gasteiger partial charge in [-0.05, 0) is 12.1 Å². The Kier molecular flexibility index (Phi) is 2.01. The highest BCUT2D eigenvalue weighted by Crippen LogP contribution is 2.19. The molecule has 0 bridgehead atoms. The van der Waals surface area contributed by atoms with Crippen LogP contribution in [0.2, 0.25) is 0 Å². The van der Waals surface area contributed by atoms with E-state index in [1.54, 1.807) is 25.2 Å². The van der Waals surface area contributed by atoms with Gasteiger partial charge in [-0.15, -0.1) is 0 Å². The molecule has 74 valence electrons. The number of benzene rings is 1. The fourth-order valence-corrected chi connectivity index (χ4v) is 2.39. The predicted molar refractivity (Wildman–Crippen MR) is 53.8 cm³/mol. The number of rotatable bonds is 1. The first kappa shape index (κ1) is 9.48. The van der Waals surface area contributed by atoms with Crippen LogP contribution >= 0.6 is 10.7 Å². The summed E-state index contributed by atoms with van der Waals surface area (Å²) in [6, 6.07) is 7.13. The molecular weight excluding hydrogens is 224 g/mol. The maximum atomic E-state index is 11.1. The van der Waals surface area contributed by atoms with E-state index >= 15 is 0 Å². The summed E-state index contributed by atoms with van der Waals surface area (Å²) in [5.74, 6) is 0. The van der Waals surface area contributed by atoms with Gasteiger partial charge in [-0.2, -0.15) is 0 Å². The maximum Gasteiger partial charge on any atom is 0.295 e. The first-order valence-electron chi connectivity index (χ1n) is 3.86. The number of fused-ring (bicyclic) bond motifs is 1. The van der Waals surface area contributed by atoms with Crippen molar-refractivity contribution in [2.75, 3.05) is 0 Å². The minimum atomic E-state index is -3.77. The number of halogens is 1. The summed E-state index contributed by atoms with van der Waals surface area (Å²) in [4.78, 5) is 3.93. The highest BCUT2D eigenvalue weighted by atomic mass is 35.7. The van der Waals surface area contributed by atoms with Crippen LogP contribution in [0, 0.1) is 0 Å². The van der Waals surface area contributed by atoms with Crippen LogP contribution in [0.5, 0.6) is 0 Å². The third-order valence-corrected chi connectivity index (χ3v) is 3.18. The number of aryl methyl sites for hydroxylation is 1. The molecule has 6 heteroatoms. The van der Waals surface area contributed by atoms with Crippen molar-refractivity contribution in [3.8, 4) is 0 Å². The lowest BCUT2D eigenvalue weighted by molar-refractivity contribution is 0.595. The molecule has 0 fully saturated rings. The molecule has 1 aromatic carbocycles. The van der Waals surface area contributed by atoms with E-state index in [0.29, 0.717) is 5.52 Å². The van der Waals surface area contributed by atoms with Crippen LogP contribution in [0.25, 0.3) is 11.0 Å². The van der Waals surface area contributed by atoms with Crippen molar-refractivity contribution < 1.29 is 8.42 Å². The molecular formula is C8H7ClN2O2S. The van der Waals surface area contributed by atoms with Gasteiger partial charge in [0.1, 0.15) is 0 Å². The van der Waals surface area contributed by atoms with Crippen LogP contribution in [0.1, 0.15) is 0 Å². The zero-order chi connectivity index (χ0) is 10.3. The quantitative estimate of drug-likeness (QED) is 0.698. The largest absolute Gasteiger partial charge is 0.317 e. The van der Waals surface area contributed by atoms with Gasteiger partial charge in [-0.1, -0.05) is 12.1 Å². The van der Waals surface area contributed by atoms with Crippen molar-refractivity contribution >= 4 is 30.8 Å². The smallest absolute Gasteiger partial charge is 0.295 e. The van der Waals surface area contributed by atoms with Gasteiger partial charge in [0.2, 0.25) is 5.16 Å². The van der Waals surface area contributed by atoms with Crippen molar-refractivity contribution in [3.63, 3.8) is 0 Å². The van der Waals surface area contributed by atoms with Gasteiger partial charge in [-0.25, -0.2) is 13.4 Å². The zero-order valence-corrected chi connectivity index (χ0v) is 8.88. The van der Waals surface area contributed by atoms with Crippen molar-refractivity contribution in [1.82, 2.24) is 9.55 Å². The number of imidazole rings is 1. The van der Waals surface area contributed by atoms with Gasteiger partial charge in [0.05, 0.1) is 11.0 Å². The Labute approximate surface area is 85.5 Å². The average Bonchev–Trinajstić information content (AvgIpc) is 2.44. The molecule has 0 amide bonds. The van der Waals surface area contributed by atoms with E-state index in [0.717, 1.165) is 5.52 Å². The summed E-state index contributed by atoms with van der Waals surface area (Å²) in [7, 11) is 3.07. The Morgan fingerprint density at radius 3 is 2.57 bits per heavy atom. The highest BCUT2D eigenvalue weighted by Gasteiger charge is 2.18. The van der Waals surface area contributed by atoms with Gasteiger partial charge in [0.15, 0.2) is 0 Å². The van der Waals surface area contributed by atoms with Gasteiger partial charge in [0, 0.05) is 17.7 Å². The fourth-order valence-electron chi connectivity index (χ4n) is 1.34. The van der Waals surface area contributed by atoms with Crippen LogP contribution in [-0.2, 0) is 16.1 Å². The summed E-state index contributed by atoms with van der Waals surface area (Å²) in [5.41, 5.74) is 1.36. The molecule has 2 aromatic rings. The Morgan fingerprint density at radius 1 is 1.36 bits per heavy atom. The van der Waals surface area contributed by atoms with Crippen molar-refractivity contribution in [3.05, 3.63) is 24.3 Å². The molecule has 0 aliphatic heterocycles. The summed E-state index contributed by atoms with van der Waals surface area (Å²) in [5, 5.41) is -0.125. The molecule has 4 nitrogen and oxygen atoms in total. The molecule has 0 atom stereocenters. The average molecular weight is 231 g/mol. The lowest BCUT2D eigenvalue weighted by Crippen LogP contribution is -2.01. The van der Waals surface area contributed by atoms with Crippen molar-refractivity contribution in [2.45, 2.75) is 5.16 Å². The highest BCUT2D eigenvalue weighted by molar-refractivity contribution is 8.13. The second kappa shape index (κ2) is 2.96. The Balaban J connectivity index is 2.89. The molecule has 1 aromatic heterocycles. The van der Waals surface area contributed by atoms with E-state index in [2.05, 4.69) is 4.98 Å². The molecule has 0 saturated carbocycles. The first-order chi connectivity index (χ1) is 6.50.